The molecule has 63 heavy (non-hydrogen) atoms. The minimum absolute atomic E-state index is 0.00966. The third-order valence-electron chi connectivity index (χ3n) is 8.99. The van der Waals surface area contributed by atoms with Gasteiger partial charge in [-0.05, 0) is 70.3 Å². The van der Waals surface area contributed by atoms with Crippen LogP contribution in [-0.4, -0.2) is 79.9 Å². The summed E-state index contributed by atoms with van der Waals surface area (Å²) in [5, 5.41) is 12.7. The third-order valence-corrected chi connectivity index (χ3v) is 8.99. The Morgan fingerprint density at radius 1 is 0.603 bits per heavy atom. The van der Waals surface area contributed by atoms with Gasteiger partial charge in [0.1, 0.15) is 11.6 Å². The quantitative estimate of drug-likeness (QED) is 0.0688. The number of aromatic nitrogens is 6. The molecule has 0 aliphatic carbocycles. The maximum atomic E-state index is 13.8. The summed E-state index contributed by atoms with van der Waals surface area (Å²) in [4.78, 5) is 42.3. The van der Waals surface area contributed by atoms with Gasteiger partial charge in [-0.1, -0.05) is 72.8 Å². The van der Waals surface area contributed by atoms with E-state index in [2.05, 4.69) is 35.1 Å². The van der Waals surface area contributed by atoms with Crippen molar-refractivity contribution in [2.75, 3.05) is 13.7 Å². The van der Waals surface area contributed by atoms with Crippen molar-refractivity contribution in [2.24, 2.45) is 11.5 Å². The van der Waals surface area contributed by atoms with Gasteiger partial charge >= 0.3 is 24.0 Å². The number of nitrogens with zero attached hydrogens (tertiary/aromatic N) is 4. The van der Waals surface area contributed by atoms with Crippen LogP contribution in [0.1, 0.15) is 31.6 Å². The molecule has 7 rings (SSSR count). The van der Waals surface area contributed by atoms with Gasteiger partial charge < -0.3 is 20.9 Å². The lowest BCUT2D eigenvalue weighted by Gasteiger charge is -2.28. The Hall–Kier alpha value is -7.97. The van der Waals surface area contributed by atoms with E-state index in [-0.39, 0.29) is 40.1 Å². The van der Waals surface area contributed by atoms with Crippen LogP contribution in [0.15, 0.2) is 115 Å². The Morgan fingerprint density at radius 3 is 1.56 bits per heavy atom. The maximum absolute atomic E-state index is 13.8. The third kappa shape index (κ3) is 9.82. The second-order valence-electron chi connectivity index (χ2n) is 13.2. The molecule has 0 aliphatic rings. The lowest BCUT2D eigenvalue weighted by molar-refractivity contribution is -0.358. The number of carbonyl (C=O) groups is 3. The van der Waals surface area contributed by atoms with Crippen molar-refractivity contribution >= 4 is 17.8 Å². The molecule has 2 heterocycles. The second-order valence-corrected chi connectivity index (χ2v) is 13.2. The summed E-state index contributed by atoms with van der Waals surface area (Å²) < 4.78 is 114. The van der Waals surface area contributed by atoms with Crippen molar-refractivity contribution in [3.05, 3.63) is 138 Å². The lowest BCUT2D eigenvalue weighted by atomic mass is 9.93. The number of hydrogen-bond donors (Lipinski definition) is 4. The van der Waals surface area contributed by atoms with Crippen LogP contribution >= 0.6 is 0 Å². The summed E-state index contributed by atoms with van der Waals surface area (Å²) in [5.74, 6) is -15.3. The van der Waals surface area contributed by atoms with Gasteiger partial charge in [0.25, 0.3) is 11.8 Å². The van der Waals surface area contributed by atoms with Crippen molar-refractivity contribution < 1.29 is 59.0 Å². The van der Waals surface area contributed by atoms with Gasteiger partial charge in [0.15, 0.2) is 18.3 Å². The molecule has 0 fully saturated rings. The number of ether oxygens (including phenoxy) is 2. The molecule has 0 unspecified atom stereocenters. The Balaban J connectivity index is 0.000000210. The zero-order valence-electron chi connectivity index (χ0n) is 32.2. The average molecular weight is 879 g/mol. The predicted octanol–water partition coefficient (Wildman–Crippen LogP) is 8.28. The second kappa shape index (κ2) is 17.9. The van der Waals surface area contributed by atoms with Crippen LogP contribution in [0.5, 0.6) is 5.75 Å². The molecule has 5 aromatic carbocycles. The number of aromatic amines is 2. The number of rotatable bonds is 12. The molecule has 7 aromatic rings. The van der Waals surface area contributed by atoms with Crippen LogP contribution in [0.3, 0.4) is 0 Å². The first-order valence-electron chi connectivity index (χ1n) is 18.0. The van der Waals surface area contributed by atoms with E-state index >= 15 is 0 Å². The molecule has 0 radical (unpaired) electrons. The van der Waals surface area contributed by atoms with E-state index in [0.29, 0.717) is 11.4 Å². The number of nitrogens with one attached hydrogen (secondary N) is 2. The summed E-state index contributed by atoms with van der Waals surface area (Å²) in [6, 6.07) is 30.8. The maximum Gasteiger partial charge on any atom is 0.460 e. The van der Waals surface area contributed by atoms with Crippen LogP contribution in [0.2, 0.25) is 0 Å². The fourth-order valence-electron chi connectivity index (χ4n) is 5.89. The predicted molar refractivity (Wildman–Crippen MR) is 210 cm³/mol. The number of esters is 1. The van der Waals surface area contributed by atoms with Crippen molar-refractivity contribution in [3.63, 3.8) is 0 Å². The Morgan fingerprint density at radius 2 is 1.08 bits per heavy atom. The van der Waals surface area contributed by atoms with Gasteiger partial charge in [-0.2, -0.15) is 40.9 Å². The van der Waals surface area contributed by atoms with Gasteiger partial charge in [-0.25, -0.2) is 19.2 Å². The number of amides is 2. The number of H-pyrrole nitrogens is 2. The van der Waals surface area contributed by atoms with Crippen molar-refractivity contribution in [1.29, 1.82) is 0 Å². The summed E-state index contributed by atoms with van der Waals surface area (Å²) in [5.41, 5.74) is 15.5. The molecule has 0 aliphatic heterocycles. The van der Waals surface area contributed by atoms with E-state index in [4.69, 9.17) is 16.2 Å². The Labute approximate surface area is 350 Å². The highest BCUT2D eigenvalue weighted by molar-refractivity contribution is 5.93. The molecule has 0 atom stereocenters. The Bertz CT molecular complexity index is 2810. The molecule has 0 bridgehead atoms. The number of nitrogens with two attached hydrogens (primary N) is 2. The molecular weight excluding hydrogens is 848 g/mol. The van der Waals surface area contributed by atoms with Crippen molar-refractivity contribution in [2.45, 2.75) is 18.0 Å². The average Bonchev–Trinajstić information content (AvgIpc) is 3.98. The summed E-state index contributed by atoms with van der Waals surface area (Å²) in [7, 11) is 1.36. The van der Waals surface area contributed by atoms with Gasteiger partial charge in [0, 0.05) is 16.7 Å². The first-order chi connectivity index (χ1) is 29.8. The molecule has 0 saturated carbocycles. The van der Waals surface area contributed by atoms with Crippen molar-refractivity contribution in [1.82, 2.24) is 30.4 Å². The van der Waals surface area contributed by atoms with E-state index < -0.39 is 48.0 Å². The zero-order valence-corrected chi connectivity index (χ0v) is 32.2. The lowest BCUT2D eigenvalue weighted by Crippen LogP contribution is -2.54. The molecule has 0 saturated heterocycles. The zero-order chi connectivity index (χ0) is 45.7. The first-order valence-corrected chi connectivity index (χ1v) is 18.0. The van der Waals surface area contributed by atoms with E-state index in [0.717, 1.165) is 46.0 Å². The van der Waals surface area contributed by atoms with E-state index in [1.165, 1.54) is 31.4 Å². The highest BCUT2D eigenvalue weighted by atomic mass is 19.4. The fourth-order valence-corrected chi connectivity index (χ4v) is 5.89. The van der Waals surface area contributed by atoms with Crippen LogP contribution in [-0.2, 0) is 4.74 Å². The largest absolute Gasteiger partial charge is 0.486 e. The molecular formula is C42H30F8N8O5. The number of alkyl halides is 7. The van der Waals surface area contributed by atoms with E-state index in [1.54, 1.807) is 6.07 Å². The summed E-state index contributed by atoms with van der Waals surface area (Å²) >= 11 is 0. The van der Waals surface area contributed by atoms with E-state index in [1.807, 2.05) is 66.7 Å². The Kier molecular flexibility index (Phi) is 12.7. The SMILES string of the molecule is COC(=O)c1cccc(-c2ccccc2-c2cccc(-c3n[nH]c(C(N)=O)n3)c2)c1.NC(=O)c1nc(-c2cccc(-c3cc(F)ccc3OCC(F)(F)C(F)(F)C(F)(F)F)c2)n[nH]1. The molecule has 6 N–H and O–H groups in total. The van der Waals surface area contributed by atoms with Crippen LogP contribution < -0.4 is 16.2 Å². The molecule has 2 aromatic heterocycles. The number of benzene rings is 5. The van der Waals surface area contributed by atoms with Gasteiger partial charge in [-0.3, -0.25) is 19.8 Å². The number of halogens is 8. The highest BCUT2D eigenvalue weighted by Gasteiger charge is 2.73. The van der Waals surface area contributed by atoms with E-state index in [9.17, 15) is 49.5 Å². The van der Waals surface area contributed by atoms with Crippen molar-refractivity contribution in [3.8, 4) is 61.9 Å². The van der Waals surface area contributed by atoms with Gasteiger partial charge in [-0.15, -0.1) is 0 Å². The number of primary amides is 2. The molecule has 13 nitrogen and oxygen atoms in total. The minimum atomic E-state index is -6.51. The number of methoxy groups -OCH3 is 1. The molecule has 21 heteroatoms. The molecule has 2 amide bonds. The summed E-state index contributed by atoms with van der Waals surface area (Å²) in [6.45, 7) is -2.33. The minimum Gasteiger partial charge on any atom is -0.486 e. The number of hydrogen-bond acceptors (Lipinski definition) is 9. The topological polar surface area (TPSA) is 205 Å². The smallest absolute Gasteiger partial charge is 0.460 e. The first kappa shape index (κ1) is 44.6. The monoisotopic (exact) mass is 878 g/mol. The fraction of sp³-hybridized carbons (Fsp3) is 0.119. The summed E-state index contributed by atoms with van der Waals surface area (Å²) in [6.07, 6.45) is -6.51. The normalized spacial score (nSPS) is 11.6. The number of carbonyl (C=O) groups excluding carboxylic acids is 3. The van der Waals surface area contributed by atoms with Crippen LogP contribution in [0.25, 0.3) is 56.2 Å². The van der Waals surface area contributed by atoms with Crippen LogP contribution in [0, 0.1) is 5.82 Å². The molecule has 0 spiro atoms. The highest BCUT2D eigenvalue weighted by Crippen LogP contribution is 2.47. The van der Waals surface area contributed by atoms with Crippen LogP contribution in [0.4, 0.5) is 35.1 Å². The van der Waals surface area contributed by atoms with Gasteiger partial charge in [0.05, 0.1) is 12.7 Å². The molecule has 324 valence electrons. The standard InChI is InChI=1S/C23H18N4O3.C19H12F8N4O2/c1-30-23(29)17-9-5-7-15(13-17)19-11-3-2-10-18(19)14-6-4-8-16(12-14)21-25-22(20(24)28)27-26-21;20-11-4-5-13(33-8-17(21,22)18(23,24)19(25,26)27)12(7-11)9-2-1-3-10(6-9)15-29-16(14(28)32)31-30-15/h2-13H,1H3,(H2,24,28)(H,25,26,27);1-7H,8H2,(H2,28,32)(H,29,30,31). The van der Waals surface area contributed by atoms with Gasteiger partial charge in [0.2, 0.25) is 11.6 Å².